The van der Waals surface area contributed by atoms with Gasteiger partial charge in [0.1, 0.15) is 0 Å². The molecule has 0 saturated heterocycles. The highest BCUT2D eigenvalue weighted by molar-refractivity contribution is 7.99. The molecule has 3 nitrogen and oxygen atoms in total. The summed E-state index contributed by atoms with van der Waals surface area (Å²) in [6.45, 7) is 1.88. The Hall–Kier alpha value is -1.18. The fourth-order valence-corrected chi connectivity index (χ4v) is 2.27. The first-order valence-electron chi connectivity index (χ1n) is 4.65. The van der Waals surface area contributed by atoms with Crippen LogP contribution in [0.3, 0.4) is 0 Å². The monoisotopic (exact) mass is 255 g/mol. The molecule has 1 N–H and O–H groups in total. The van der Waals surface area contributed by atoms with E-state index in [1.54, 1.807) is 6.07 Å². The van der Waals surface area contributed by atoms with Crippen molar-refractivity contribution in [3.8, 4) is 6.07 Å². The zero-order valence-electron chi connectivity index (χ0n) is 8.66. The molecule has 0 aromatic heterocycles. The molecule has 0 atom stereocenters. The highest BCUT2D eigenvalue weighted by Crippen LogP contribution is 2.30. The molecule has 0 spiro atoms. The van der Waals surface area contributed by atoms with E-state index in [-0.39, 0.29) is 11.3 Å². The van der Waals surface area contributed by atoms with Gasteiger partial charge in [0, 0.05) is 4.90 Å². The van der Waals surface area contributed by atoms with Crippen LogP contribution in [0.5, 0.6) is 0 Å². The van der Waals surface area contributed by atoms with Crippen LogP contribution in [0.4, 0.5) is 0 Å². The van der Waals surface area contributed by atoms with Crippen molar-refractivity contribution in [3.63, 3.8) is 0 Å². The third kappa shape index (κ3) is 2.91. The lowest BCUT2D eigenvalue weighted by molar-refractivity contribution is 0.0695. The van der Waals surface area contributed by atoms with E-state index in [0.717, 1.165) is 0 Å². The van der Waals surface area contributed by atoms with Gasteiger partial charge in [0.2, 0.25) is 0 Å². The third-order valence-electron chi connectivity index (χ3n) is 2.06. The zero-order valence-corrected chi connectivity index (χ0v) is 10.2. The number of halogens is 1. The predicted octanol–water partition coefficient (Wildman–Crippen LogP) is 3.22. The highest BCUT2D eigenvalue weighted by Gasteiger charge is 2.13. The Morgan fingerprint density at radius 3 is 2.81 bits per heavy atom. The minimum absolute atomic E-state index is 0.254. The summed E-state index contributed by atoms with van der Waals surface area (Å²) in [5, 5.41) is 18.0. The second kappa shape index (κ2) is 5.78. The summed E-state index contributed by atoms with van der Waals surface area (Å²) in [7, 11) is 0. The molecule has 0 radical (unpaired) electrons. The van der Waals surface area contributed by atoms with Crippen molar-refractivity contribution < 1.29 is 9.90 Å². The summed E-state index contributed by atoms with van der Waals surface area (Å²) in [4.78, 5) is 11.6. The number of nitriles is 1. The number of aryl methyl sites for hydroxylation is 1. The standard InChI is InChI=1S/C11H10ClNO2S/c1-2-7-5-9(12)10(16-4-3-13)6-8(7)11(14)15/h5-6H,2,4H2,1H3,(H,14,15). The Morgan fingerprint density at radius 1 is 1.62 bits per heavy atom. The maximum atomic E-state index is 11.0. The van der Waals surface area contributed by atoms with Gasteiger partial charge in [-0.3, -0.25) is 0 Å². The first-order valence-corrected chi connectivity index (χ1v) is 6.02. The first-order chi connectivity index (χ1) is 7.60. The van der Waals surface area contributed by atoms with Crippen LogP contribution in [0.25, 0.3) is 0 Å². The van der Waals surface area contributed by atoms with Crippen molar-refractivity contribution in [2.24, 2.45) is 0 Å². The molecule has 0 bridgehead atoms. The SMILES string of the molecule is CCc1cc(Cl)c(SCC#N)cc1C(=O)O. The number of carboxylic acids is 1. The van der Waals surface area contributed by atoms with E-state index in [9.17, 15) is 4.79 Å². The second-order valence-electron chi connectivity index (χ2n) is 3.05. The van der Waals surface area contributed by atoms with Crippen LogP contribution in [0.15, 0.2) is 17.0 Å². The fourth-order valence-electron chi connectivity index (χ4n) is 1.31. The molecule has 1 aromatic carbocycles. The van der Waals surface area contributed by atoms with Gasteiger partial charge < -0.3 is 5.11 Å². The van der Waals surface area contributed by atoms with E-state index in [1.807, 2.05) is 13.0 Å². The topological polar surface area (TPSA) is 61.1 Å². The molecule has 0 saturated carbocycles. The summed E-state index contributed by atoms with van der Waals surface area (Å²) in [6, 6.07) is 5.17. The first kappa shape index (κ1) is 12.9. The van der Waals surface area contributed by atoms with Crippen LogP contribution in [0, 0.1) is 11.3 Å². The lowest BCUT2D eigenvalue weighted by Crippen LogP contribution is -2.02. The number of carbonyl (C=O) groups is 1. The van der Waals surface area contributed by atoms with Crippen LogP contribution < -0.4 is 0 Å². The number of nitrogens with zero attached hydrogens (tertiary/aromatic N) is 1. The molecule has 5 heteroatoms. The normalized spacial score (nSPS) is 9.81. The van der Waals surface area contributed by atoms with Crippen LogP contribution in [-0.4, -0.2) is 16.8 Å². The van der Waals surface area contributed by atoms with Crippen molar-refractivity contribution in [1.82, 2.24) is 0 Å². The molecule has 0 aliphatic carbocycles. The number of hydrogen-bond acceptors (Lipinski definition) is 3. The van der Waals surface area contributed by atoms with Crippen molar-refractivity contribution in [2.45, 2.75) is 18.2 Å². The highest BCUT2D eigenvalue weighted by atomic mass is 35.5. The van der Waals surface area contributed by atoms with Gasteiger partial charge >= 0.3 is 5.97 Å². The maximum absolute atomic E-state index is 11.0. The molecule has 0 aliphatic rings. The van der Waals surface area contributed by atoms with Crippen molar-refractivity contribution in [1.29, 1.82) is 5.26 Å². The Bertz CT molecular complexity index is 454. The lowest BCUT2D eigenvalue weighted by Gasteiger charge is -2.08. The Balaban J connectivity index is 3.17. The van der Waals surface area contributed by atoms with Crippen molar-refractivity contribution in [2.75, 3.05) is 5.75 Å². The largest absolute Gasteiger partial charge is 0.478 e. The van der Waals surface area contributed by atoms with Crippen LogP contribution >= 0.6 is 23.4 Å². The summed E-state index contributed by atoms with van der Waals surface area (Å²) in [5.41, 5.74) is 0.964. The van der Waals surface area contributed by atoms with Gasteiger partial charge in [-0.25, -0.2) is 4.79 Å². The second-order valence-corrected chi connectivity index (χ2v) is 4.47. The van der Waals surface area contributed by atoms with Gasteiger partial charge in [-0.05, 0) is 24.1 Å². The average Bonchev–Trinajstić information content (AvgIpc) is 2.26. The Morgan fingerprint density at radius 2 is 2.31 bits per heavy atom. The van der Waals surface area contributed by atoms with Crippen LogP contribution in [0.1, 0.15) is 22.8 Å². The van der Waals surface area contributed by atoms with Gasteiger partial charge in [-0.2, -0.15) is 5.26 Å². The third-order valence-corrected chi connectivity index (χ3v) is 3.41. The number of rotatable bonds is 4. The van der Waals surface area contributed by atoms with Gasteiger partial charge in [0.25, 0.3) is 0 Å². The van der Waals surface area contributed by atoms with Gasteiger partial charge in [-0.1, -0.05) is 18.5 Å². The molecule has 84 valence electrons. The maximum Gasteiger partial charge on any atom is 0.336 e. The van der Waals surface area contributed by atoms with E-state index in [0.29, 0.717) is 21.9 Å². The summed E-state index contributed by atoms with van der Waals surface area (Å²) in [5.74, 6) is -0.711. The number of thioether (sulfide) groups is 1. The number of hydrogen-bond donors (Lipinski definition) is 1. The predicted molar refractivity (Wildman–Crippen MR) is 64.1 cm³/mol. The quantitative estimate of drug-likeness (QED) is 0.839. The minimum Gasteiger partial charge on any atom is -0.478 e. The smallest absolute Gasteiger partial charge is 0.336 e. The lowest BCUT2D eigenvalue weighted by atomic mass is 10.1. The molecule has 1 aromatic rings. The van der Waals surface area contributed by atoms with Gasteiger partial charge in [-0.15, -0.1) is 11.8 Å². The molecule has 0 heterocycles. The molecule has 0 unspecified atom stereocenters. The van der Waals surface area contributed by atoms with E-state index >= 15 is 0 Å². The van der Waals surface area contributed by atoms with Gasteiger partial charge in [0.05, 0.1) is 22.4 Å². The van der Waals surface area contributed by atoms with Crippen LogP contribution in [-0.2, 0) is 6.42 Å². The zero-order chi connectivity index (χ0) is 12.1. The Kier molecular flexibility index (Phi) is 4.66. The van der Waals surface area contributed by atoms with Gasteiger partial charge in [0.15, 0.2) is 0 Å². The fraction of sp³-hybridized carbons (Fsp3) is 0.273. The van der Waals surface area contributed by atoms with Crippen molar-refractivity contribution in [3.05, 3.63) is 28.3 Å². The number of carboxylic acid groups (broad SMARTS) is 1. The van der Waals surface area contributed by atoms with Crippen LogP contribution in [0.2, 0.25) is 5.02 Å². The molecule has 16 heavy (non-hydrogen) atoms. The number of benzene rings is 1. The molecule has 0 amide bonds. The minimum atomic E-state index is -0.965. The summed E-state index contributed by atoms with van der Waals surface area (Å²) < 4.78 is 0. The van der Waals surface area contributed by atoms with E-state index in [4.69, 9.17) is 22.0 Å². The average molecular weight is 256 g/mol. The van der Waals surface area contributed by atoms with E-state index < -0.39 is 5.97 Å². The molecular weight excluding hydrogens is 246 g/mol. The van der Waals surface area contributed by atoms with E-state index in [2.05, 4.69) is 0 Å². The Labute approximate surface area is 103 Å². The summed E-state index contributed by atoms with van der Waals surface area (Å²) in [6.07, 6.45) is 0.616. The van der Waals surface area contributed by atoms with Crippen molar-refractivity contribution >= 4 is 29.3 Å². The number of aromatic carboxylic acids is 1. The molecule has 0 aliphatic heterocycles. The molecule has 0 fully saturated rings. The molecule has 1 rings (SSSR count). The molecular formula is C11H10ClNO2S. The van der Waals surface area contributed by atoms with E-state index in [1.165, 1.54) is 17.8 Å². The summed E-state index contributed by atoms with van der Waals surface area (Å²) >= 11 is 7.24.